The van der Waals surface area contributed by atoms with Crippen molar-refractivity contribution >= 4 is 27.4 Å². The van der Waals surface area contributed by atoms with Crippen LogP contribution in [0.5, 0.6) is 0 Å². The predicted molar refractivity (Wildman–Crippen MR) is 95.5 cm³/mol. The molecule has 0 aromatic heterocycles. The first-order chi connectivity index (χ1) is 11.7. The van der Waals surface area contributed by atoms with Gasteiger partial charge in [-0.25, -0.2) is 8.42 Å². The van der Waals surface area contributed by atoms with E-state index in [1.807, 2.05) is 19.1 Å². The summed E-state index contributed by atoms with van der Waals surface area (Å²) in [5.41, 5.74) is 5.91. The molecule has 3 atom stereocenters. The summed E-state index contributed by atoms with van der Waals surface area (Å²) in [6.07, 6.45) is 0. The average molecular weight is 380 g/mol. The monoisotopic (exact) mass is 379 g/mol. The quantitative estimate of drug-likeness (QED) is 0.832. The lowest BCUT2D eigenvalue weighted by molar-refractivity contribution is -0.143. The van der Waals surface area contributed by atoms with E-state index < -0.39 is 32.4 Å². The third kappa shape index (κ3) is 2.74. The summed E-state index contributed by atoms with van der Waals surface area (Å²) >= 11 is 5.82. The van der Waals surface area contributed by atoms with Crippen molar-refractivity contribution in [3.05, 3.63) is 64.7 Å². The summed E-state index contributed by atoms with van der Waals surface area (Å²) in [7, 11) is -3.87. The molecule has 0 heterocycles. The van der Waals surface area contributed by atoms with Crippen LogP contribution in [0, 0.1) is 12.3 Å². The van der Waals surface area contributed by atoms with Crippen LogP contribution in [-0.4, -0.2) is 31.3 Å². The Kier molecular flexibility index (Phi) is 4.39. The van der Waals surface area contributed by atoms with Gasteiger partial charge in [0, 0.05) is 17.5 Å². The number of sulfone groups is 1. The van der Waals surface area contributed by atoms with Crippen molar-refractivity contribution in [2.45, 2.75) is 23.0 Å². The number of aliphatic carboxylic acids is 1. The van der Waals surface area contributed by atoms with E-state index in [0.717, 1.165) is 5.56 Å². The molecule has 0 spiro atoms. The number of benzene rings is 2. The molecule has 132 valence electrons. The average Bonchev–Trinajstić information content (AvgIpc) is 3.27. The summed E-state index contributed by atoms with van der Waals surface area (Å²) in [6.45, 7) is 1.66. The van der Waals surface area contributed by atoms with E-state index in [0.29, 0.717) is 10.6 Å². The van der Waals surface area contributed by atoms with E-state index in [4.69, 9.17) is 17.3 Å². The Morgan fingerprint density at radius 2 is 1.72 bits per heavy atom. The zero-order chi connectivity index (χ0) is 18.4. The van der Waals surface area contributed by atoms with Crippen LogP contribution in [0.15, 0.2) is 53.4 Å². The second-order valence-corrected chi connectivity index (χ2v) is 8.86. The molecule has 3 rings (SSSR count). The molecule has 0 radical (unpaired) electrons. The van der Waals surface area contributed by atoms with Gasteiger partial charge in [-0.2, -0.15) is 0 Å². The van der Waals surface area contributed by atoms with Crippen molar-refractivity contribution < 1.29 is 18.3 Å². The first-order valence-electron chi connectivity index (χ1n) is 7.74. The highest BCUT2D eigenvalue weighted by Crippen LogP contribution is 2.63. The van der Waals surface area contributed by atoms with Crippen molar-refractivity contribution in [2.24, 2.45) is 11.1 Å². The molecule has 2 aromatic rings. The molecule has 1 aliphatic rings. The molecule has 0 aliphatic heterocycles. The summed E-state index contributed by atoms with van der Waals surface area (Å²) in [4.78, 5) is 12.0. The first-order valence-corrected chi connectivity index (χ1v) is 9.67. The fourth-order valence-electron chi connectivity index (χ4n) is 3.46. The SMILES string of the molecule is Cc1ccc([C@@H]2[C@@H](S(=O)(=O)c3ccc(Cl)cc3)[C@]2(CN)C(=O)O)cc1. The maximum Gasteiger partial charge on any atom is 0.312 e. The zero-order valence-corrected chi connectivity index (χ0v) is 15.1. The maximum absolute atomic E-state index is 13.1. The Balaban J connectivity index is 2.10. The minimum absolute atomic E-state index is 0.0515. The predicted octanol–water partition coefficient (Wildman–Crippen LogP) is 2.62. The molecule has 1 aliphatic carbocycles. The van der Waals surface area contributed by atoms with E-state index in [2.05, 4.69) is 0 Å². The Hall–Kier alpha value is -1.89. The Morgan fingerprint density at radius 1 is 1.16 bits per heavy atom. The molecule has 2 aromatic carbocycles. The number of hydrogen-bond acceptors (Lipinski definition) is 4. The van der Waals surface area contributed by atoms with E-state index in [1.165, 1.54) is 24.3 Å². The van der Waals surface area contributed by atoms with Gasteiger partial charge in [-0.1, -0.05) is 41.4 Å². The number of nitrogens with two attached hydrogens (primary N) is 1. The van der Waals surface area contributed by atoms with Crippen LogP contribution >= 0.6 is 11.6 Å². The number of hydrogen-bond donors (Lipinski definition) is 2. The molecular weight excluding hydrogens is 362 g/mol. The molecule has 1 saturated carbocycles. The van der Waals surface area contributed by atoms with Crippen LogP contribution in [0.1, 0.15) is 17.0 Å². The normalized spacial score (nSPS) is 25.6. The molecule has 3 N–H and O–H groups in total. The fourth-order valence-corrected chi connectivity index (χ4v) is 5.97. The van der Waals surface area contributed by atoms with Gasteiger partial charge in [-0.3, -0.25) is 4.79 Å². The van der Waals surface area contributed by atoms with Crippen molar-refractivity contribution in [1.29, 1.82) is 0 Å². The third-order valence-electron chi connectivity index (χ3n) is 4.91. The molecular formula is C18H18ClNO4S. The highest BCUT2D eigenvalue weighted by molar-refractivity contribution is 7.92. The van der Waals surface area contributed by atoms with E-state index in [1.54, 1.807) is 12.1 Å². The maximum atomic E-state index is 13.1. The molecule has 0 amide bonds. The van der Waals surface area contributed by atoms with Gasteiger partial charge in [0.2, 0.25) is 0 Å². The number of carboxylic acid groups (broad SMARTS) is 1. The summed E-state index contributed by atoms with van der Waals surface area (Å²) in [6, 6.07) is 12.9. The van der Waals surface area contributed by atoms with Gasteiger partial charge in [-0.15, -0.1) is 0 Å². The van der Waals surface area contributed by atoms with Gasteiger partial charge in [-0.05, 0) is 36.8 Å². The van der Waals surface area contributed by atoms with Gasteiger partial charge < -0.3 is 10.8 Å². The Bertz CT molecular complexity index is 909. The Morgan fingerprint density at radius 3 is 2.20 bits per heavy atom. The standard InChI is InChI=1S/C18H18ClNO4S/c1-11-2-4-12(5-3-11)15-16(18(15,10-20)17(21)22)25(23,24)14-8-6-13(19)7-9-14/h2-9,15-16H,10,20H2,1H3,(H,21,22)/t15-,16-,18-/m1/s1. The van der Waals surface area contributed by atoms with E-state index in [-0.39, 0.29) is 11.4 Å². The van der Waals surface area contributed by atoms with Crippen LogP contribution < -0.4 is 5.73 Å². The zero-order valence-electron chi connectivity index (χ0n) is 13.5. The van der Waals surface area contributed by atoms with Crippen molar-refractivity contribution in [3.63, 3.8) is 0 Å². The van der Waals surface area contributed by atoms with Crippen molar-refractivity contribution in [1.82, 2.24) is 0 Å². The third-order valence-corrected chi connectivity index (χ3v) is 7.45. The molecule has 0 saturated heterocycles. The van der Waals surface area contributed by atoms with Crippen LogP contribution in [0.2, 0.25) is 5.02 Å². The molecule has 7 heteroatoms. The number of halogens is 1. The lowest BCUT2D eigenvalue weighted by Crippen LogP contribution is -2.31. The number of rotatable bonds is 5. The topological polar surface area (TPSA) is 97.5 Å². The lowest BCUT2D eigenvalue weighted by atomic mass is 9.99. The van der Waals surface area contributed by atoms with Crippen LogP contribution in [0.25, 0.3) is 0 Å². The summed E-state index contributed by atoms with van der Waals surface area (Å²) in [5, 5.41) is 9.05. The van der Waals surface area contributed by atoms with Gasteiger partial charge in [0.1, 0.15) is 5.41 Å². The van der Waals surface area contributed by atoms with Gasteiger partial charge in [0.05, 0.1) is 10.1 Å². The van der Waals surface area contributed by atoms with E-state index >= 15 is 0 Å². The smallest absolute Gasteiger partial charge is 0.312 e. The molecule has 25 heavy (non-hydrogen) atoms. The second kappa shape index (κ2) is 6.12. The number of aryl methyl sites for hydroxylation is 1. The van der Waals surface area contributed by atoms with Crippen LogP contribution in [0.3, 0.4) is 0 Å². The van der Waals surface area contributed by atoms with Crippen molar-refractivity contribution in [2.75, 3.05) is 6.54 Å². The fraction of sp³-hybridized carbons (Fsp3) is 0.278. The minimum atomic E-state index is -3.87. The van der Waals surface area contributed by atoms with Gasteiger partial charge in [0.25, 0.3) is 0 Å². The van der Waals surface area contributed by atoms with Gasteiger partial charge in [0.15, 0.2) is 9.84 Å². The van der Waals surface area contributed by atoms with Crippen molar-refractivity contribution in [3.8, 4) is 0 Å². The summed E-state index contributed by atoms with van der Waals surface area (Å²) in [5.74, 6) is -1.88. The molecule has 5 nitrogen and oxygen atoms in total. The number of carbonyl (C=O) groups is 1. The highest BCUT2D eigenvalue weighted by Gasteiger charge is 2.75. The Labute approximate surface area is 151 Å². The van der Waals surface area contributed by atoms with Crippen LogP contribution in [0.4, 0.5) is 0 Å². The number of carboxylic acids is 1. The first kappa shape index (κ1) is 17.9. The molecule has 0 unspecified atom stereocenters. The molecule has 1 fully saturated rings. The molecule has 0 bridgehead atoms. The lowest BCUT2D eigenvalue weighted by Gasteiger charge is -2.10. The highest BCUT2D eigenvalue weighted by atomic mass is 35.5. The largest absolute Gasteiger partial charge is 0.481 e. The van der Waals surface area contributed by atoms with Gasteiger partial charge >= 0.3 is 5.97 Å². The van der Waals surface area contributed by atoms with E-state index in [9.17, 15) is 18.3 Å². The second-order valence-electron chi connectivity index (χ2n) is 6.36. The van der Waals surface area contributed by atoms with Crippen LogP contribution in [-0.2, 0) is 14.6 Å². The minimum Gasteiger partial charge on any atom is -0.481 e. The summed E-state index contributed by atoms with van der Waals surface area (Å²) < 4.78 is 26.1.